The third-order valence-corrected chi connectivity index (χ3v) is 4.08. The first kappa shape index (κ1) is 15.2. The van der Waals surface area contributed by atoms with Gasteiger partial charge in [-0.3, -0.25) is 0 Å². The van der Waals surface area contributed by atoms with E-state index in [4.69, 9.17) is 0 Å². The Hall–Kier alpha value is -1.21. The number of benzene rings is 1. The molecule has 0 unspecified atom stereocenters. The Balaban J connectivity index is 1.98. The lowest BCUT2D eigenvalue weighted by atomic mass is 9.77. The molecule has 0 saturated carbocycles. The maximum absolute atomic E-state index is 13.1. The number of nitrogens with zero attached hydrogens (tertiary/aromatic N) is 1. The van der Waals surface area contributed by atoms with E-state index in [2.05, 4.69) is 16.3 Å². The van der Waals surface area contributed by atoms with Crippen LogP contribution in [0.3, 0.4) is 0 Å². The lowest BCUT2D eigenvalue weighted by molar-refractivity contribution is 0.332. The van der Waals surface area contributed by atoms with Crippen molar-refractivity contribution >= 4 is 23.9 Å². The van der Waals surface area contributed by atoms with Crippen LogP contribution in [0.5, 0.6) is 0 Å². The van der Waals surface area contributed by atoms with Crippen molar-refractivity contribution in [1.29, 1.82) is 0 Å². The van der Waals surface area contributed by atoms with E-state index in [9.17, 15) is 14.4 Å². The maximum Gasteiger partial charge on any atom is 0.488 e. The molecule has 3 nitrogen and oxygen atoms in total. The second-order valence-corrected chi connectivity index (χ2v) is 5.82. The summed E-state index contributed by atoms with van der Waals surface area (Å²) in [4.78, 5) is 3.40. The van der Waals surface area contributed by atoms with Crippen LogP contribution >= 0.6 is 11.3 Å². The van der Waals surface area contributed by atoms with Gasteiger partial charge in [-0.05, 0) is 48.1 Å². The zero-order valence-corrected chi connectivity index (χ0v) is 12.1. The number of halogens is 1. The Morgan fingerprint density at radius 2 is 2.10 bits per heavy atom. The van der Waals surface area contributed by atoms with E-state index in [1.54, 1.807) is 17.4 Å². The number of thiophene rings is 1. The van der Waals surface area contributed by atoms with Gasteiger partial charge in [0, 0.05) is 18.0 Å². The predicted octanol–water partition coefficient (Wildman–Crippen LogP) is 1.24. The van der Waals surface area contributed by atoms with Gasteiger partial charge >= 0.3 is 7.12 Å². The fraction of sp³-hybridized carbons (Fsp3) is 0.286. The molecule has 0 aliphatic rings. The van der Waals surface area contributed by atoms with Gasteiger partial charge in [0.1, 0.15) is 5.82 Å². The average Bonchev–Trinajstić information content (AvgIpc) is 2.91. The Morgan fingerprint density at radius 1 is 1.30 bits per heavy atom. The van der Waals surface area contributed by atoms with Gasteiger partial charge in [-0.15, -0.1) is 11.3 Å². The van der Waals surface area contributed by atoms with Crippen molar-refractivity contribution in [2.75, 3.05) is 13.6 Å². The summed E-state index contributed by atoms with van der Waals surface area (Å²) in [7, 11) is 0.316. The highest BCUT2D eigenvalue weighted by atomic mass is 32.1. The van der Waals surface area contributed by atoms with Crippen LogP contribution in [0.15, 0.2) is 35.7 Å². The highest BCUT2D eigenvalue weighted by molar-refractivity contribution is 7.09. The molecular formula is C14H17BFNO2S. The van der Waals surface area contributed by atoms with Crippen LogP contribution in [0.4, 0.5) is 4.39 Å². The minimum atomic E-state index is -1.65. The normalized spacial score (nSPS) is 11.1. The van der Waals surface area contributed by atoms with Gasteiger partial charge in [0.25, 0.3) is 0 Å². The van der Waals surface area contributed by atoms with Crippen LogP contribution < -0.4 is 5.46 Å². The molecule has 0 bridgehead atoms. The van der Waals surface area contributed by atoms with Crippen LogP contribution in [0.1, 0.15) is 10.4 Å². The topological polar surface area (TPSA) is 43.7 Å². The first-order valence-electron chi connectivity index (χ1n) is 6.41. The molecule has 0 amide bonds. The summed E-state index contributed by atoms with van der Waals surface area (Å²) in [6, 6.07) is 8.24. The molecule has 6 heteroatoms. The zero-order valence-electron chi connectivity index (χ0n) is 11.3. The van der Waals surface area contributed by atoms with E-state index in [0.717, 1.165) is 18.5 Å². The molecule has 0 spiro atoms. The van der Waals surface area contributed by atoms with Crippen molar-refractivity contribution < 1.29 is 14.4 Å². The Kier molecular flexibility index (Phi) is 5.31. The van der Waals surface area contributed by atoms with E-state index in [1.165, 1.54) is 17.0 Å². The predicted molar refractivity (Wildman–Crippen MR) is 80.6 cm³/mol. The first-order chi connectivity index (χ1) is 9.56. The molecule has 0 fully saturated rings. The smallest absolute Gasteiger partial charge is 0.423 e. The fourth-order valence-corrected chi connectivity index (χ4v) is 2.77. The summed E-state index contributed by atoms with van der Waals surface area (Å²) in [6.07, 6.45) is 0.951. The third-order valence-electron chi connectivity index (χ3n) is 3.15. The van der Waals surface area contributed by atoms with Gasteiger partial charge in [0.2, 0.25) is 0 Å². The van der Waals surface area contributed by atoms with Gasteiger partial charge in [-0.1, -0.05) is 12.1 Å². The number of likely N-dealkylation sites (N-methyl/N-ethyl adjacent to an activating group) is 1. The van der Waals surface area contributed by atoms with Crippen LogP contribution in [-0.2, 0) is 13.0 Å². The van der Waals surface area contributed by atoms with Gasteiger partial charge < -0.3 is 14.9 Å². The molecule has 1 aromatic heterocycles. The molecule has 2 rings (SSSR count). The van der Waals surface area contributed by atoms with Crippen LogP contribution in [0, 0.1) is 5.82 Å². The van der Waals surface area contributed by atoms with Crippen molar-refractivity contribution in [2.45, 2.75) is 13.0 Å². The largest absolute Gasteiger partial charge is 0.488 e. The van der Waals surface area contributed by atoms with Crippen LogP contribution in [0.2, 0.25) is 0 Å². The Morgan fingerprint density at radius 3 is 2.75 bits per heavy atom. The monoisotopic (exact) mass is 293 g/mol. The summed E-state index contributed by atoms with van der Waals surface area (Å²) in [5.74, 6) is -0.460. The number of hydrogen-bond acceptors (Lipinski definition) is 4. The van der Waals surface area contributed by atoms with Crippen LogP contribution in [-0.4, -0.2) is 35.7 Å². The SMILES string of the molecule is CN(CCc1cccs1)Cc1ccc(F)cc1B(O)O. The van der Waals surface area contributed by atoms with Crippen molar-refractivity contribution in [3.63, 3.8) is 0 Å². The standard InChI is InChI=1S/C14H17BFNO2S/c1-17(7-6-13-3-2-8-20-13)10-11-4-5-12(16)9-14(11)15(18)19/h2-5,8-9,18-19H,6-7,10H2,1H3. The molecule has 0 saturated heterocycles. The summed E-state index contributed by atoms with van der Waals surface area (Å²) in [5.41, 5.74) is 0.961. The minimum Gasteiger partial charge on any atom is -0.423 e. The molecule has 1 aromatic carbocycles. The average molecular weight is 293 g/mol. The van der Waals surface area contributed by atoms with Crippen molar-refractivity contribution in [1.82, 2.24) is 4.90 Å². The molecule has 106 valence electrons. The van der Waals surface area contributed by atoms with E-state index in [-0.39, 0.29) is 5.46 Å². The molecule has 0 aliphatic carbocycles. The van der Waals surface area contributed by atoms with Gasteiger partial charge in [0.15, 0.2) is 0 Å². The van der Waals surface area contributed by atoms with Crippen LogP contribution in [0.25, 0.3) is 0 Å². The van der Waals surface area contributed by atoms with E-state index in [1.807, 2.05) is 13.1 Å². The maximum atomic E-state index is 13.1. The Labute approximate surface area is 122 Å². The van der Waals surface area contributed by atoms with E-state index < -0.39 is 12.9 Å². The van der Waals surface area contributed by atoms with E-state index >= 15 is 0 Å². The highest BCUT2D eigenvalue weighted by Crippen LogP contribution is 2.10. The highest BCUT2D eigenvalue weighted by Gasteiger charge is 2.17. The van der Waals surface area contributed by atoms with Crippen molar-refractivity contribution in [2.24, 2.45) is 0 Å². The summed E-state index contributed by atoms with van der Waals surface area (Å²) in [5, 5.41) is 20.6. The summed E-state index contributed by atoms with van der Waals surface area (Å²) in [6.45, 7) is 1.41. The van der Waals surface area contributed by atoms with Gasteiger partial charge in [-0.2, -0.15) is 0 Å². The molecule has 2 N–H and O–H groups in total. The second-order valence-electron chi connectivity index (χ2n) is 4.78. The minimum absolute atomic E-state index is 0.230. The lowest BCUT2D eigenvalue weighted by Crippen LogP contribution is -2.35. The molecule has 0 aliphatic heterocycles. The summed E-state index contributed by atoms with van der Waals surface area (Å²) >= 11 is 1.72. The molecule has 2 aromatic rings. The molecule has 0 radical (unpaired) electrons. The molecule has 1 heterocycles. The molecule has 20 heavy (non-hydrogen) atoms. The molecular weight excluding hydrogens is 276 g/mol. The van der Waals surface area contributed by atoms with Gasteiger partial charge in [0.05, 0.1) is 0 Å². The number of hydrogen-bond donors (Lipinski definition) is 2. The van der Waals surface area contributed by atoms with Crippen molar-refractivity contribution in [3.05, 3.63) is 52.0 Å². The summed E-state index contributed by atoms with van der Waals surface area (Å²) < 4.78 is 13.1. The van der Waals surface area contributed by atoms with E-state index in [0.29, 0.717) is 6.54 Å². The fourth-order valence-electron chi connectivity index (χ4n) is 2.08. The lowest BCUT2D eigenvalue weighted by Gasteiger charge is -2.18. The van der Waals surface area contributed by atoms with Gasteiger partial charge in [-0.25, -0.2) is 4.39 Å². The quantitative estimate of drug-likeness (QED) is 0.788. The second kappa shape index (κ2) is 6.99. The zero-order chi connectivity index (χ0) is 14.5. The van der Waals surface area contributed by atoms with Crippen molar-refractivity contribution in [3.8, 4) is 0 Å². The Bertz CT molecular complexity index is 548. The third kappa shape index (κ3) is 4.14. The first-order valence-corrected chi connectivity index (χ1v) is 7.29. The molecule has 0 atom stereocenters. The number of rotatable bonds is 6.